The van der Waals surface area contributed by atoms with Gasteiger partial charge in [0.15, 0.2) is 0 Å². The average Bonchev–Trinajstić information content (AvgIpc) is 2.73. The second-order valence-electron chi connectivity index (χ2n) is 7.00. The van der Waals surface area contributed by atoms with Gasteiger partial charge in [0.2, 0.25) is 11.8 Å². The molecule has 1 saturated heterocycles. The molecule has 30 heavy (non-hydrogen) atoms. The molecule has 1 aliphatic rings. The summed E-state index contributed by atoms with van der Waals surface area (Å²) >= 11 is 0. The fourth-order valence-corrected chi connectivity index (χ4v) is 2.92. The molecule has 8 nitrogen and oxygen atoms in total. The number of nitrogens with one attached hydrogen (secondary N) is 2. The first kappa shape index (κ1) is 21.0. The van der Waals surface area contributed by atoms with Crippen LogP contribution in [0.1, 0.15) is 25.0 Å². The fourth-order valence-electron chi connectivity index (χ4n) is 2.92. The lowest BCUT2D eigenvalue weighted by Crippen LogP contribution is -2.41. The highest BCUT2D eigenvalue weighted by atomic mass is 16.2. The highest BCUT2D eigenvalue weighted by molar-refractivity contribution is 5.90. The summed E-state index contributed by atoms with van der Waals surface area (Å²) in [5.41, 5.74) is 3.51. The zero-order valence-electron chi connectivity index (χ0n) is 17.2. The van der Waals surface area contributed by atoms with E-state index < -0.39 is 0 Å². The summed E-state index contributed by atoms with van der Waals surface area (Å²) in [5.74, 6) is -0.169. The summed E-state index contributed by atoms with van der Waals surface area (Å²) in [6.45, 7) is 6.14. The van der Waals surface area contributed by atoms with Crippen molar-refractivity contribution in [2.24, 2.45) is 10.2 Å². The molecule has 2 aromatic carbocycles. The van der Waals surface area contributed by atoms with Crippen LogP contribution in [0, 0.1) is 0 Å². The van der Waals surface area contributed by atoms with E-state index in [9.17, 15) is 9.59 Å². The van der Waals surface area contributed by atoms with E-state index in [4.69, 9.17) is 0 Å². The first-order chi connectivity index (χ1) is 14.5. The molecule has 1 aliphatic heterocycles. The molecular formula is C22H26N6O2. The smallest absolute Gasteiger partial charge is 0.221 e. The maximum Gasteiger partial charge on any atom is 0.221 e. The number of benzene rings is 2. The number of rotatable bonds is 6. The van der Waals surface area contributed by atoms with E-state index >= 15 is 0 Å². The summed E-state index contributed by atoms with van der Waals surface area (Å²) in [6, 6.07) is 15.1. The normalized spacial score (nSPS) is 14.3. The quantitative estimate of drug-likeness (QED) is 0.722. The van der Waals surface area contributed by atoms with Crippen molar-refractivity contribution in [3.05, 3.63) is 59.7 Å². The van der Waals surface area contributed by atoms with Crippen LogP contribution < -0.4 is 10.6 Å². The molecule has 1 fully saturated rings. The topological polar surface area (TPSA) is 89.4 Å². The van der Waals surface area contributed by atoms with E-state index in [1.54, 1.807) is 0 Å². The van der Waals surface area contributed by atoms with Crippen molar-refractivity contribution in [1.82, 2.24) is 10.0 Å². The molecule has 3 rings (SSSR count). The van der Waals surface area contributed by atoms with E-state index in [1.807, 2.05) is 71.0 Å². The maximum atomic E-state index is 11.1. The van der Waals surface area contributed by atoms with Crippen molar-refractivity contribution >= 4 is 35.6 Å². The zero-order chi connectivity index (χ0) is 21.3. The van der Waals surface area contributed by atoms with Crippen molar-refractivity contribution in [3.63, 3.8) is 0 Å². The Hall–Kier alpha value is -3.68. The summed E-state index contributed by atoms with van der Waals surface area (Å²) in [4.78, 5) is 22.1. The number of piperazine rings is 1. The second kappa shape index (κ2) is 10.2. The van der Waals surface area contributed by atoms with Gasteiger partial charge < -0.3 is 10.6 Å². The monoisotopic (exact) mass is 406 g/mol. The molecule has 0 bridgehead atoms. The molecule has 2 aromatic rings. The van der Waals surface area contributed by atoms with Crippen LogP contribution in [0.2, 0.25) is 0 Å². The number of carbonyl (C=O) groups is 2. The number of hydrazone groups is 2. The lowest BCUT2D eigenvalue weighted by Gasteiger charge is -2.31. The van der Waals surface area contributed by atoms with Crippen LogP contribution in [0.5, 0.6) is 0 Å². The lowest BCUT2D eigenvalue weighted by molar-refractivity contribution is -0.115. The second-order valence-corrected chi connectivity index (χ2v) is 7.00. The molecule has 0 aromatic heterocycles. The minimum Gasteiger partial charge on any atom is -0.326 e. The molecule has 0 unspecified atom stereocenters. The highest BCUT2D eigenvalue weighted by Gasteiger charge is 2.13. The minimum absolute atomic E-state index is 0.0843. The summed E-state index contributed by atoms with van der Waals surface area (Å²) in [7, 11) is 0. The first-order valence-corrected chi connectivity index (χ1v) is 9.81. The number of nitrogens with zero attached hydrogens (tertiary/aromatic N) is 4. The molecule has 2 N–H and O–H groups in total. The van der Waals surface area contributed by atoms with Crippen molar-refractivity contribution in [3.8, 4) is 0 Å². The summed E-state index contributed by atoms with van der Waals surface area (Å²) in [6.07, 6.45) is 3.65. The molecular weight excluding hydrogens is 380 g/mol. The Balaban J connectivity index is 1.45. The van der Waals surface area contributed by atoms with Gasteiger partial charge in [0.1, 0.15) is 0 Å². The van der Waals surface area contributed by atoms with Gasteiger partial charge in [-0.05, 0) is 35.4 Å². The molecule has 0 atom stereocenters. The van der Waals surface area contributed by atoms with Crippen molar-refractivity contribution in [2.75, 3.05) is 36.8 Å². The predicted octanol–water partition coefficient (Wildman–Crippen LogP) is 2.59. The maximum absolute atomic E-state index is 11.1. The van der Waals surface area contributed by atoms with Crippen molar-refractivity contribution in [2.45, 2.75) is 13.8 Å². The standard InChI is InChI=1S/C22H26N6O2/c1-17(29)25-21-7-3-19(4-8-21)15-23-27-11-13-28(14-12-27)24-16-20-5-9-22(10-6-20)26-18(2)30/h3-10,15-16H,11-14H2,1-2H3,(H,25,29)(H,26,30)/b23-15-,24-16-. The van der Waals surface area contributed by atoms with Crippen LogP contribution in [0.15, 0.2) is 58.7 Å². The molecule has 1 heterocycles. The van der Waals surface area contributed by atoms with Crippen molar-refractivity contribution in [1.29, 1.82) is 0 Å². The third-order valence-electron chi connectivity index (χ3n) is 4.43. The van der Waals surface area contributed by atoms with E-state index in [1.165, 1.54) is 13.8 Å². The molecule has 8 heteroatoms. The van der Waals surface area contributed by atoms with Gasteiger partial charge in [-0.2, -0.15) is 10.2 Å². The Bertz CT molecular complexity index is 836. The van der Waals surface area contributed by atoms with Gasteiger partial charge in [-0.1, -0.05) is 24.3 Å². The Labute approximate surface area is 176 Å². The van der Waals surface area contributed by atoms with Crippen LogP contribution in [0.4, 0.5) is 11.4 Å². The SMILES string of the molecule is CC(=O)Nc1ccc(/C=N\N2CCN(/N=C\c3ccc(NC(C)=O)cc3)CC2)cc1. The van der Waals surface area contributed by atoms with Gasteiger partial charge in [0.25, 0.3) is 0 Å². The number of hydrogen-bond acceptors (Lipinski definition) is 6. The molecule has 0 aliphatic carbocycles. The highest BCUT2D eigenvalue weighted by Crippen LogP contribution is 2.10. The summed E-state index contributed by atoms with van der Waals surface area (Å²) in [5, 5.41) is 18.6. The van der Waals surface area contributed by atoms with Crippen LogP contribution in [-0.4, -0.2) is 60.4 Å². The Kier molecular flexibility index (Phi) is 7.15. The van der Waals surface area contributed by atoms with Gasteiger partial charge in [0.05, 0.1) is 38.6 Å². The molecule has 0 radical (unpaired) electrons. The average molecular weight is 406 g/mol. The Morgan fingerprint density at radius 3 is 1.33 bits per heavy atom. The van der Waals surface area contributed by atoms with Crippen LogP contribution >= 0.6 is 0 Å². The third kappa shape index (κ3) is 6.73. The molecule has 2 amide bonds. The predicted molar refractivity (Wildman–Crippen MR) is 120 cm³/mol. The number of carbonyl (C=O) groups excluding carboxylic acids is 2. The summed E-state index contributed by atoms with van der Waals surface area (Å²) < 4.78 is 0. The molecule has 0 spiro atoms. The number of amides is 2. The van der Waals surface area contributed by atoms with E-state index in [0.29, 0.717) is 0 Å². The number of hydrogen-bond donors (Lipinski definition) is 2. The van der Waals surface area contributed by atoms with E-state index in [0.717, 1.165) is 48.7 Å². The zero-order valence-corrected chi connectivity index (χ0v) is 17.2. The van der Waals surface area contributed by atoms with Gasteiger partial charge in [-0.25, -0.2) is 0 Å². The lowest BCUT2D eigenvalue weighted by atomic mass is 10.2. The first-order valence-electron chi connectivity index (χ1n) is 9.81. The van der Waals surface area contributed by atoms with E-state index in [2.05, 4.69) is 20.8 Å². The molecule has 156 valence electrons. The van der Waals surface area contributed by atoms with Gasteiger partial charge in [0, 0.05) is 25.2 Å². The largest absolute Gasteiger partial charge is 0.326 e. The van der Waals surface area contributed by atoms with Gasteiger partial charge in [-0.3, -0.25) is 19.6 Å². The van der Waals surface area contributed by atoms with Gasteiger partial charge >= 0.3 is 0 Å². The number of anilines is 2. The third-order valence-corrected chi connectivity index (χ3v) is 4.43. The fraction of sp³-hybridized carbons (Fsp3) is 0.273. The van der Waals surface area contributed by atoms with Gasteiger partial charge in [-0.15, -0.1) is 0 Å². The minimum atomic E-state index is -0.0843. The van der Waals surface area contributed by atoms with E-state index in [-0.39, 0.29) is 11.8 Å². The molecule has 0 saturated carbocycles. The Morgan fingerprint density at radius 2 is 1.03 bits per heavy atom. The van der Waals surface area contributed by atoms with Crippen LogP contribution in [0.25, 0.3) is 0 Å². The van der Waals surface area contributed by atoms with Crippen molar-refractivity contribution < 1.29 is 9.59 Å². The van der Waals surface area contributed by atoms with Crippen LogP contribution in [0.3, 0.4) is 0 Å². The van der Waals surface area contributed by atoms with Crippen LogP contribution in [-0.2, 0) is 9.59 Å². The Morgan fingerprint density at radius 1 is 0.700 bits per heavy atom.